The maximum absolute atomic E-state index is 14.2. The minimum Gasteiger partial charge on any atom is -0.324 e. The Morgan fingerprint density at radius 1 is 0.811 bits per heavy atom. The Bertz CT molecular complexity index is 1360. The molecule has 7 rings (SSSR count). The molecule has 5 nitrogen and oxygen atoms in total. The van der Waals surface area contributed by atoms with Crippen LogP contribution in [0.1, 0.15) is 36.1 Å². The van der Waals surface area contributed by atoms with E-state index in [0.717, 1.165) is 27.2 Å². The van der Waals surface area contributed by atoms with Crippen molar-refractivity contribution in [3.05, 3.63) is 100 Å². The second kappa shape index (κ2) is 8.32. The summed E-state index contributed by atoms with van der Waals surface area (Å²) in [4.78, 5) is 40.5. The fourth-order valence-electron chi connectivity index (χ4n) is 6.46. The van der Waals surface area contributed by atoms with Crippen LogP contribution in [0.5, 0.6) is 0 Å². The smallest absolute Gasteiger partial charge is 0.247 e. The number of carbonyl (C=O) groups is 3. The maximum atomic E-state index is 14.2. The van der Waals surface area contributed by atoms with Crippen molar-refractivity contribution in [2.45, 2.75) is 29.6 Å². The summed E-state index contributed by atoms with van der Waals surface area (Å²) in [5, 5.41) is 3.28. The minimum absolute atomic E-state index is 0.368. The van der Waals surface area contributed by atoms with Gasteiger partial charge in [-0.05, 0) is 46.4 Å². The van der Waals surface area contributed by atoms with Crippen LogP contribution in [-0.2, 0) is 24.1 Å². The zero-order valence-electron chi connectivity index (χ0n) is 20.0. The van der Waals surface area contributed by atoms with E-state index < -0.39 is 45.3 Å². The van der Waals surface area contributed by atoms with Crippen molar-refractivity contribution in [3.8, 4) is 0 Å². The summed E-state index contributed by atoms with van der Waals surface area (Å²) in [5.41, 5.74) is 3.36. The van der Waals surface area contributed by atoms with Crippen LogP contribution < -0.4 is 5.32 Å². The number of benzene rings is 3. The quantitative estimate of drug-likeness (QED) is 0.323. The van der Waals surface area contributed by atoms with E-state index in [0.29, 0.717) is 10.7 Å². The molecule has 0 spiro atoms. The van der Waals surface area contributed by atoms with E-state index in [2.05, 4.69) is 5.32 Å². The summed E-state index contributed by atoms with van der Waals surface area (Å²) in [6.45, 7) is 3.60. The number of alkyl halides is 2. The molecule has 0 unspecified atom stereocenters. The zero-order chi connectivity index (χ0) is 26.3. The molecule has 3 aromatic rings. The highest BCUT2D eigenvalue weighted by Gasteiger charge is 2.73. The summed E-state index contributed by atoms with van der Waals surface area (Å²) in [6.07, 6.45) is 0. The highest BCUT2D eigenvalue weighted by Crippen LogP contribution is 2.69. The van der Waals surface area contributed by atoms with E-state index in [9.17, 15) is 14.4 Å². The van der Waals surface area contributed by atoms with Gasteiger partial charge < -0.3 is 5.32 Å². The lowest BCUT2D eigenvalue weighted by Crippen LogP contribution is -2.57. The third-order valence-electron chi connectivity index (χ3n) is 7.89. The maximum Gasteiger partial charge on any atom is 0.247 e. The van der Waals surface area contributed by atoms with Gasteiger partial charge in [0.1, 0.15) is 15.8 Å². The van der Waals surface area contributed by atoms with Crippen molar-refractivity contribution in [1.82, 2.24) is 4.90 Å². The van der Waals surface area contributed by atoms with Crippen molar-refractivity contribution < 1.29 is 14.4 Å². The molecule has 4 aliphatic rings. The first kappa shape index (κ1) is 24.5. The Morgan fingerprint density at radius 3 is 1.68 bits per heavy atom. The van der Waals surface area contributed by atoms with Crippen molar-refractivity contribution in [2.75, 3.05) is 5.32 Å². The standard InChI is InChI=1S/C29H23Cl3N2O3/c1-15(2)24(25(35)33-17-9-7-8-16(30)14-17)34-26(36)22-23(27(34)37)29(32)19-11-4-3-10-18(19)28(22,31)20-12-5-6-13-21(20)29/h3-15,22-24H,1-2H3,(H,33,35)/t22-,23+,24-,28?,29?/m0/s1. The van der Waals surface area contributed by atoms with Gasteiger partial charge in [0.25, 0.3) is 0 Å². The van der Waals surface area contributed by atoms with Crippen LogP contribution in [0.3, 0.4) is 0 Å². The number of nitrogens with one attached hydrogen (secondary N) is 1. The summed E-state index contributed by atoms with van der Waals surface area (Å²) >= 11 is 21.1. The van der Waals surface area contributed by atoms with Crippen molar-refractivity contribution >= 4 is 58.2 Å². The molecule has 3 aromatic carbocycles. The normalized spacial score (nSPS) is 28.1. The van der Waals surface area contributed by atoms with Crippen LogP contribution in [0.2, 0.25) is 5.02 Å². The predicted molar refractivity (Wildman–Crippen MR) is 144 cm³/mol. The highest BCUT2D eigenvalue weighted by molar-refractivity contribution is 6.36. The van der Waals surface area contributed by atoms with E-state index >= 15 is 0 Å². The fraction of sp³-hybridized carbons (Fsp3) is 0.276. The highest BCUT2D eigenvalue weighted by atomic mass is 35.5. The molecule has 3 aliphatic carbocycles. The summed E-state index contributed by atoms with van der Waals surface area (Å²) in [5.74, 6) is -3.73. The van der Waals surface area contributed by atoms with Crippen LogP contribution in [0.25, 0.3) is 0 Å². The van der Waals surface area contributed by atoms with Crippen molar-refractivity contribution in [2.24, 2.45) is 17.8 Å². The molecule has 1 N–H and O–H groups in total. The van der Waals surface area contributed by atoms with Gasteiger partial charge in [0.15, 0.2) is 0 Å². The average Bonchev–Trinajstić information content (AvgIpc) is 3.14. The Morgan fingerprint density at radius 2 is 1.27 bits per heavy atom. The molecule has 2 bridgehead atoms. The lowest BCUT2D eigenvalue weighted by atomic mass is 9.54. The number of likely N-dealkylation sites (tertiary alicyclic amines) is 1. The van der Waals surface area contributed by atoms with Gasteiger partial charge in [-0.1, -0.05) is 80.0 Å². The lowest BCUT2D eigenvalue weighted by molar-refractivity contribution is -0.148. The van der Waals surface area contributed by atoms with Crippen LogP contribution in [0.15, 0.2) is 72.8 Å². The molecule has 1 fully saturated rings. The Kier molecular flexibility index (Phi) is 5.50. The van der Waals surface area contributed by atoms with Crippen LogP contribution in [0.4, 0.5) is 5.69 Å². The first-order valence-corrected chi connectivity index (χ1v) is 13.3. The van der Waals surface area contributed by atoms with Crippen LogP contribution in [0, 0.1) is 17.8 Å². The van der Waals surface area contributed by atoms with E-state index in [-0.39, 0.29) is 5.92 Å². The molecule has 8 heteroatoms. The number of nitrogens with zero attached hydrogens (tertiary/aromatic N) is 1. The summed E-state index contributed by atoms with van der Waals surface area (Å²) in [6, 6.07) is 20.6. The number of imide groups is 1. The number of anilines is 1. The molecule has 1 saturated heterocycles. The average molecular weight is 554 g/mol. The molecule has 0 aromatic heterocycles. The number of halogens is 3. The lowest BCUT2D eigenvalue weighted by Gasteiger charge is -2.54. The van der Waals surface area contributed by atoms with Gasteiger partial charge in [-0.25, -0.2) is 0 Å². The van der Waals surface area contributed by atoms with Crippen LogP contribution in [-0.4, -0.2) is 28.7 Å². The zero-order valence-corrected chi connectivity index (χ0v) is 22.3. The largest absolute Gasteiger partial charge is 0.324 e. The molecule has 1 aliphatic heterocycles. The first-order chi connectivity index (χ1) is 17.6. The van der Waals surface area contributed by atoms with Gasteiger partial charge in [0, 0.05) is 10.7 Å². The van der Waals surface area contributed by atoms with E-state index in [4.69, 9.17) is 34.8 Å². The van der Waals surface area contributed by atoms with Gasteiger partial charge in [0.2, 0.25) is 17.7 Å². The molecule has 1 heterocycles. The van der Waals surface area contributed by atoms with Crippen molar-refractivity contribution in [3.63, 3.8) is 0 Å². The molecule has 3 amide bonds. The first-order valence-electron chi connectivity index (χ1n) is 12.1. The molecule has 188 valence electrons. The van der Waals surface area contributed by atoms with E-state index in [1.165, 1.54) is 0 Å². The second-order valence-electron chi connectivity index (χ2n) is 10.2. The Hall–Kier alpha value is -2.86. The van der Waals surface area contributed by atoms with Gasteiger partial charge >= 0.3 is 0 Å². The number of carbonyl (C=O) groups excluding carboxylic acids is 3. The Balaban J connectivity index is 1.49. The summed E-state index contributed by atoms with van der Waals surface area (Å²) < 4.78 is 0. The number of amides is 3. The van der Waals surface area contributed by atoms with Crippen LogP contribution >= 0.6 is 34.8 Å². The monoisotopic (exact) mass is 552 g/mol. The molecule has 0 radical (unpaired) electrons. The van der Waals surface area contributed by atoms with E-state index in [1.807, 2.05) is 48.5 Å². The van der Waals surface area contributed by atoms with Crippen molar-refractivity contribution in [1.29, 1.82) is 0 Å². The van der Waals surface area contributed by atoms with Gasteiger partial charge in [-0.15, -0.1) is 23.2 Å². The molecule has 37 heavy (non-hydrogen) atoms. The number of hydrogen-bond donors (Lipinski definition) is 1. The van der Waals surface area contributed by atoms with Gasteiger partial charge in [-0.3, -0.25) is 19.3 Å². The number of hydrogen-bond acceptors (Lipinski definition) is 3. The molecular formula is C29H23Cl3N2O3. The molecule has 0 saturated carbocycles. The molecular weight excluding hydrogens is 531 g/mol. The minimum atomic E-state index is -1.29. The SMILES string of the molecule is CC(C)[C@@H](C(=O)Nc1cccc(Cl)c1)N1C(=O)[C@@H]2[C@H](C1=O)C1(Cl)c3ccccc3C2(Cl)c2ccccc21. The predicted octanol–water partition coefficient (Wildman–Crippen LogP) is 5.90. The molecule has 3 atom stereocenters. The Labute approximate surface area is 229 Å². The third kappa shape index (κ3) is 3.14. The second-order valence-corrected chi connectivity index (χ2v) is 11.8. The third-order valence-corrected chi connectivity index (χ3v) is 9.41. The topological polar surface area (TPSA) is 66.5 Å². The van der Waals surface area contributed by atoms with E-state index in [1.54, 1.807) is 38.1 Å². The summed E-state index contributed by atoms with van der Waals surface area (Å²) in [7, 11) is 0. The van der Waals surface area contributed by atoms with Gasteiger partial charge in [-0.2, -0.15) is 0 Å². The fourth-order valence-corrected chi connectivity index (χ4v) is 7.75. The van der Waals surface area contributed by atoms with Gasteiger partial charge in [0.05, 0.1) is 11.8 Å². The number of rotatable bonds is 4.